The highest BCUT2D eigenvalue weighted by Crippen LogP contribution is 2.10. The predicted octanol–water partition coefficient (Wildman–Crippen LogP) is 2.72. The van der Waals surface area contributed by atoms with Gasteiger partial charge in [-0.3, -0.25) is 4.99 Å². The molecular formula is C17H31N5S. The molecule has 0 spiro atoms. The normalized spacial score (nSPS) is 17.1. The number of aliphatic imine (C=N–C) groups is 1. The van der Waals surface area contributed by atoms with Gasteiger partial charge in [0, 0.05) is 25.5 Å². The summed E-state index contributed by atoms with van der Waals surface area (Å²) in [6.07, 6.45) is 5.45. The monoisotopic (exact) mass is 337 g/mol. The van der Waals surface area contributed by atoms with Gasteiger partial charge in [-0.2, -0.15) is 0 Å². The quantitative estimate of drug-likeness (QED) is 0.640. The molecule has 1 aromatic rings. The van der Waals surface area contributed by atoms with Gasteiger partial charge in [-0.1, -0.05) is 12.8 Å². The Morgan fingerprint density at radius 1 is 1.35 bits per heavy atom. The zero-order chi connectivity index (χ0) is 16.5. The maximum Gasteiger partial charge on any atom is 0.194 e. The Kier molecular flexibility index (Phi) is 7.82. The molecule has 23 heavy (non-hydrogen) atoms. The Balaban J connectivity index is 1.85. The van der Waals surface area contributed by atoms with E-state index in [1.165, 1.54) is 38.8 Å². The van der Waals surface area contributed by atoms with Gasteiger partial charge in [0.15, 0.2) is 5.96 Å². The predicted molar refractivity (Wildman–Crippen MR) is 99.2 cm³/mol. The van der Waals surface area contributed by atoms with Gasteiger partial charge in [-0.15, -0.1) is 11.3 Å². The Labute approximate surface area is 144 Å². The number of nitrogens with zero attached hydrogens (tertiary/aromatic N) is 4. The molecule has 0 amide bonds. The third kappa shape index (κ3) is 6.47. The van der Waals surface area contributed by atoms with Crippen molar-refractivity contribution in [3.63, 3.8) is 0 Å². The highest BCUT2D eigenvalue weighted by Gasteiger charge is 2.10. The van der Waals surface area contributed by atoms with E-state index in [-0.39, 0.29) is 0 Å². The summed E-state index contributed by atoms with van der Waals surface area (Å²) in [6.45, 7) is 10.3. The van der Waals surface area contributed by atoms with Gasteiger partial charge in [-0.05, 0) is 39.8 Å². The van der Waals surface area contributed by atoms with Crippen LogP contribution in [0.4, 0.5) is 0 Å². The van der Waals surface area contributed by atoms with Gasteiger partial charge in [0.2, 0.25) is 0 Å². The minimum atomic E-state index is 0.805. The van der Waals surface area contributed by atoms with E-state index in [1.54, 1.807) is 11.3 Å². The maximum atomic E-state index is 4.81. The van der Waals surface area contributed by atoms with Crippen molar-refractivity contribution in [2.75, 3.05) is 39.8 Å². The lowest BCUT2D eigenvalue weighted by Crippen LogP contribution is -2.39. The van der Waals surface area contributed by atoms with Crippen molar-refractivity contribution in [3.05, 3.63) is 16.1 Å². The summed E-state index contributed by atoms with van der Waals surface area (Å²) in [7, 11) is 2.09. The molecule has 0 bridgehead atoms. The first-order valence-corrected chi connectivity index (χ1v) is 9.70. The van der Waals surface area contributed by atoms with Gasteiger partial charge in [-0.25, -0.2) is 4.98 Å². The molecule has 1 saturated heterocycles. The molecule has 0 unspecified atom stereocenters. The number of nitrogens with one attached hydrogen (secondary N) is 1. The Morgan fingerprint density at radius 2 is 2.09 bits per heavy atom. The second-order valence-electron chi connectivity index (χ2n) is 6.21. The minimum absolute atomic E-state index is 0.805. The third-order valence-electron chi connectivity index (χ3n) is 4.14. The summed E-state index contributed by atoms with van der Waals surface area (Å²) >= 11 is 1.71. The summed E-state index contributed by atoms with van der Waals surface area (Å²) in [5, 5.41) is 6.65. The van der Waals surface area contributed by atoms with Crippen LogP contribution in [-0.2, 0) is 6.54 Å². The first-order chi connectivity index (χ1) is 11.2. The van der Waals surface area contributed by atoms with Crippen LogP contribution in [0.15, 0.2) is 10.4 Å². The Hall–Kier alpha value is -1.14. The fourth-order valence-electron chi connectivity index (χ4n) is 2.93. The lowest BCUT2D eigenvalue weighted by molar-refractivity contribution is 0.293. The zero-order valence-corrected chi connectivity index (χ0v) is 15.7. The van der Waals surface area contributed by atoms with E-state index in [2.05, 4.69) is 46.4 Å². The molecule has 1 aromatic heterocycles. The molecule has 1 N–H and O–H groups in total. The number of rotatable bonds is 6. The molecule has 6 heteroatoms. The van der Waals surface area contributed by atoms with Crippen molar-refractivity contribution in [2.24, 2.45) is 4.99 Å². The second kappa shape index (κ2) is 9.88. The van der Waals surface area contributed by atoms with Crippen LogP contribution in [0, 0.1) is 6.92 Å². The Morgan fingerprint density at radius 3 is 2.70 bits per heavy atom. The van der Waals surface area contributed by atoms with E-state index < -0.39 is 0 Å². The van der Waals surface area contributed by atoms with Gasteiger partial charge in [0.25, 0.3) is 0 Å². The third-order valence-corrected chi connectivity index (χ3v) is 4.96. The van der Waals surface area contributed by atoms with Gasteiger partial charge in [0.1, 0.15) is 0 Å². The number of hydrogen-bond acceptors (Lipinski definition) is 4. The highest BCUT2D eigenvalue weighted by molar-refractivity contribution is 7.09. The molecule has 130 valence electrons. The number of thiazole rings is 1. The molecule has 0 radical (unpaired) electrons. The second-order valence-corrected chi connectivity index (χ2v) is 7.27. The summed E-state index contributed by atoms with van der Waals surface area (Å²) in [4.78, 5) is 14.1. The molecule has 0 atom stereocenters. The number of aryl methyl sites for hydroxylation is 1. The summed E-state index contributed by atoms with van der Waals surface area (Å²) < 4.78 is 0. The van der Waals surface area contributed by atoms with E-state index in [4.69, 9.17) is 4.99 Å². The van der Waals surface area contributed by atoms with Gasteiger partial charge in [0.05, 0.1) is 23.8 Å². The molecule has 0 saturated carbocycles. The van der Waals surface area contributed by atoms with E-state index >= 15 is 0 Å². The zero-order valence-electron chi connectivity index (χ0n) is 14.8. The van der Waals surface area contributed by atoms with Crippen LogP contribution in [-0.4, -0.2) is 60.5 Å². The highest BCUT2D eigenvalue weighted by atomic mass is 32.1. The largest absolute Gasteiger partial charge is 0.357 e. The first-order valence-electron chi connectivity index (χ1n) is 8.82. The molecule has 1 aliphatic rings. The van der Waals surface area contributed by atoms with Crippen molar-refractivity contribution in [2.45, 2.75) is 46.1 Å². The number of hydrogen-bond donors (Lipinski definition) is 1. The fourth-order valence-corrected chi connectivity index (χ4v) is 3.53. The van der Waals surface area contributed by atoms with Crippen LogP contribution in [0.2, 0.25) is 0 Å². The number of likely N-dealkylation sites (tertiary alicyclic amines) is 1. The van der Waals surface area contributed by atoms with Crippen LogP contribution in [0.3, 0.4) is 0 Å². The van der Waals surface area contributed by atoms with Gasteiger partial charge < -0.3 is 15.1 Å². The Bertz CT molecular complexity index is 477. The van der Waals surface area contributed by atoms with Crippen LogP contribution < -0.4 is 5.32 Å². The summed E-state index contributed by atoms with van der Waals surface area (Å²) in [5.74, 6) is 0.980. The van der Waals surface area contributed by atoms with Crippen molar-refractivity contribution < 1.29 is 0 Å². The lowest BCUT2D eigenvalue weighted by Gasteiger charge is -2.22. The molecule has 1 aliphatic heterocycles. The topological polar surface area (TPSA) is 43.8 Å². The van der Waals surface area contributed by atoms with Crippen molar-refractivity contribution in [1.82, 2.24) is 20.1 Å². The van der Waals surface area contributed by atoms with Crippen LogP contribution >= 0.6 is 11.3 Å². The molecule has 0 aromatic carbocycles. The van der Waals surface area contributed by atoms with Crippen LogP contribution in [0.1, 0.15) is 43.3 Å². The van der Waals surface area contributed by atoms with E-state index in [0.29, 0.717) is 0 Å². The molecular weight excluding hydrogens is 306 g/mol. The standard InChI is InChI=1S/C17H31N5S/c1-4-18-17(21(3)13-16-14-23-15(2)20-16)19-9-12-22-10-7-5-6-8-11-22/h14H,4-13H2,1-3H3,(H,18,19). The summed E-state index contributed by atoms with van der Waals surface area (Å²) in [5.41, 5.74) is 1.12. The molecule has 2 rings (SSSR count). The molecule has 5 nitrogen and oxygen atoms in total. The van der Waals surface area contributed by atoms with E-state index in [1.807, 2.05) is 0 Å². The van der Waals surface area contributed by atoms with Gasteiger partial charge >= 0.3 is 0 Å². The summed E-state index contributed by atoms with van der Waals surface area (Å²) in [6, 6.07) is 0. The van der Waals surface area contributed by atoms with Crippen LogP contribution in [0.25, 0.3) is 0 Å². The fraction of sp³-hybridized carbons (Fsp3) is 0.765. The molecule has 0 aliphatic carbocycles. The van der Waals surface area contributed by atoms with Crippen molar-refractivity contribution in [1.29, 1.82) is 0 Å². The molecule has 1 fully saturated rings. The SMILES string of the molecule is CCNC(=NCCN1CCCCCC1)N(C)Cc1csc(C)n1. The molecule has 2 heterocycles. The first kappa shape index (κ1) is 18.2. The van der Waals surface area contributed by atoms with E-state index in [9.17, 15) is 0 Å². The lowest BCUT2D eigenvalue weighted by atomic mass is 10.2. The van der Waals surface area contributed by atoms with Crippen molar-refractivity contribution >= 4 is 17.3 Å². The van der Waals surface area contributed by atoms with Crippen molar-refractivity contribution in [3.8, 4) is 0 Å². The van der Waals surface area contributed by atoms with Crippen LogP contribution in [0.5, 0.6) is 0 Å². The van der Waals surface area contributed by atoms with E-state index in [0.717, 1.165) is 42.8 Å². The maximum absolute atomic E-state index is 4.81. The minimum Gasteiger partial charge on any atom is -0.357 e. The smallest absolute Gasteiger partial charge is 0.194 e. The average molecular weight is 338 g/mol. The number of aromatic nitrogens is 1. The average Bonchev–Trinajstić information content (AvgIpc) is 2.77. The number of guanidine groups is 1.